The predicted molar refractivity (Wildman–Crippen MR) is 133 cm³/mol. The zero-order chi connectivity index (χ0) is 23.7. The second-order valence-corrected chi connectivity index (χ2v) is 11.5. The summed E-state index contributed by atoms with van der Waals surface area (Å²) in [6, 6.07) is 8.70. The smallest absolute Gasteiger partial charge is 0.286 e. The van der Waals surface area contributed by atoms with E-state index in [0.29, 0.717) is 0 Å². The number of pyridine rings is 2. The maximum atomic E-state index is 5.56. The molecule has 4 aromatic rings. The Balaban J connectivity index is 1.66. The molecule has 4 heterocycles. The molecule has 0 radical (unpaired) electrons. The van der Waals surface area contributed by atoms with E-state index in [9.17, 15) is 0 Å². The molecule has 1 fully saturated rings. The number of hydrogen-bond acceptors (Lipinski definition) is 2. The Labute approximate surface area is 197 Å². The molecule has 0 atom stereocenters. The molecule has 5 nitrogen and oxygen atoms in total. The van der Waals surface area contributed by atoms with Crippen LogP contribution in [0.1, 0.15) is 81.7 Å². The van der Waals surface area contributed by atoms with Crippen molar-refractivity contribution in [3.63, 3.8) is 0 Å². The van der Waals surface area contributed by atoms with Gasteiger partial charge >= 0.3 is 0 Å². The summed E-state index contributed by atoms with van der Waals surface area (Å²) < 4.78 is 12.7. The van der Waals surface area contributed by atoms with Gasteiger partial charge in [-0.1, -0.05) is 40.7 Å². The minimum atomic E-state index is -0.113. The van der Waals surface area contributed by atoms with E-state index in [4.69, 9.17) is 9.72 Å². The molecule has 0 amide bonds. The van der Waals surface area contributed by atoms with Gasteiger partial charge in [0.2, 0.25) is 0 Å². The summed E-state index contributed by atoms with van der Waals surface area (Å²) in [6.45, 7) is 16.8. The molecular formula is C28H37N4O+. The Kier molecular flexibility index (Phi) is 4.89. The molecule has 0 unspecified atom stereocenters. The third kappa shape index (κ3) is 3.62. The van der Waals surface area contributed by atoms with Crippen molar-refractivity contribution < 1.29 is 9.14 Å². The third-order valence-corrected chi connectivity index (χ3v) is 7.17. The molecule has 1 saturated carbocycles. The average Bonchev–Trinajstić information content (AvgIpc) is 3.47. The van der Waals surface area contributed by atoms with Gasteiger partial charge in [-0.05, 0) is 43.4 Å². The summed E-state index contributed by atoms with van der Waals surface area (Å²) >= 11 is 0. The van der Waals surface area contributed by atoms with Crippen LogP contribution in [-0.4, -0.2) is 21.1 Å². The highest BCUT2D eigenvalue weighted by atomic mass is 16.5. The fourth-order valence-electron chi connectivity index (χ4n) is 5.69. The number of nitrogens with zero attached hydrogens (tertiary/aromatic N) is 4. The molecule has 0 N–H and O–H groups in total. The monoisotopic (exact) mass is 445 g/mol. The van der Waals surface area contributed by atoms with E-state index < -0.39 is 0 Å². The molecule has 5 heteroatoms. The van der Waals surface area contributed by atoms with E-state index in [1.165, 1.54) is 41.1 Å². The Morgan fingerprint density at radius 2 is 1.79 bits per heavy atom. The van der Waals surface area contributed by atoms with Gasteiger partial charge in [0.05, 0.1) is 18.5 Å². The number of ether oxygens (including phenoxy) is 1. The van der Waals surface area contributed by atoms with Crippen LogP contribution in [0, 0.1) is 13.8 Å². The largest absolute Gasteiger partial charge is 0.493 e. The van der Waals surface area contributed by atoms with Gasteiger partial charge in [-0.25, -0.2) is 9.55 Å². The first-order valence-electron chi connectivity index (χ1n) is 12.1. The molecule has 0 bridgehead atoms. The van der Waals surface area contributed by atoms with Crippen LogP contribution >= 0.6 is 0 Å². The normalized spacial score (nSPS) is 15.0. The molecule has 0 spiro atoms. The lowest BCUT2D eigenvalue weighted by molar-refractivity contribution is -0.525. The highest BCUT2D eigenvalue weighted by molar-refractivity contribution is 5.48. The summed E-state index contributed by atoms with van der Waals surface area (Å²) in [5.41, 5.74) is 8.61. The van der Waals surface area contributed by atoms with Crippen molar-refractivity contribution in [3.05, 3.63) is 65.0 Å². The molecule has 5 rings (SSSR count). The van der Waals surface area contributed by atoms with E-state index >= 15 is 0 Å². The first-order chi connectivity index (χ1) is 15.5. The van der Waals surface area contributed by atoms with Gasteiger partial charge in [0.1, 0.15) is 24.1 Å². The lowest BCUT2D eigenvalue weighted by Gasteiger charge is -2.24. The van der Waals surface area contributed by atoms with Crippen LogP contribution in [0.2, 0.25) is 0 Å². The lowest BCUT2D eigenvalue weighted by Crippen LogP contribution is -2.32. The minimum Gasteiger partial charge on any atom is -0.493 e. The number of imidazole rings is 2. The standard InChI is InChI=1S/C28H37N4O/c1-18-25(30-15-21(20-9-10-20)11-13-23(30)29-18)28(6,7)17-32-19(2)26(27(3,4)5)31-16-22(33-8)12-14-24(31)32/h11-16,20H,9-10,17H2,1-8H3/q+1. The zero-order valence-electron chi connectivity index (χ0n) is 21.4. The minimum absolute atomic E-state index is 0.00709. The number of methoxy groups -OCH3 is 1. The Bertz CT molecular complexity index is 1360. The fraction of sp³-hybridized carbons (Fsp3) is 0.500. The summed E-state index contributed by atoms with van der Waals surface area (Å²) in [6.07, 6.45) is 7.07. The van der Waals surface area contributed by atoms with Crippen LogP contribution in [0.4, 0.5) is 0 Å². The second kappa shape index (κ2) is 7.34. The molecule has 1 aliphatic rings. The number of fused-ring (bicyclic) bond motifs is 2. The van der Waals surface area contributed by atoms with E-state index in [1.807, 2.05) is 0 Å². The number of hydrogen-bond donors (Lipinski definition) is 0. The summed E-state index contributed by atoms with van der Waals surface area (Å²) in [4.78, 5) is 4.93. The van der Waals surface area contributed by atoms with Crippen molar-refractivity contribution >= 4 is 11.3 Å². The Morgan fingerprint density at radius 3 is 2.42 bits per heavy atom. The van der Waals surface area contributed by atoms with Crippen LogP contribution in [-0.2, 0) is 17.4 Å². The Hall–Kier alpha value is -2.82. The maximum absolute atomic E-state index is 5.56. The molecule has 33 heavy (non-hydrogen) atoms. The molecule has 0 aromatic carbocycles. The first-order valence-corrected chi connectivity index (χ1v) is 12.1. The zero-order valence-corrected chi connectivity index (χ0v) is 21.4. The van der Waals surface area contributed by atoms with Crippen molar-refractivity contribution in [2.75, 3.05) is 7.11 Å². The van der Waals surface area contributed by atoms with Crippen molar-refractivity contribution in [2.24, 2.45) is 0 Å². The molecular weight excluding hydrogens is 408 g/mol. The van der Waals surface area contributed by atoms with Gasteiger partial charge < -0.3 is 9.14 Å². The summed E-state index contributed by atoms with van der Waals surface area (Å²) in [5, 5.41) is 0. The van der Waals surface area contributed by atoms with E-state index in [-0.39, 0.29) is 10.8 Å². The van der Waals surface area contributed by atoms with E-state index in [2.05, 4.69) is 98.5 Å². The van der Waals surface area contributed by atoms with Crippen LogP contribution < -0.4 is 9.14 Å². The van der Waals surface area contributed by atoms with Gasteiger partial charge in [-0.2, -0.15) is 4.40 Å². The summed E-state index contributed by atoms with van der Waals surface area (Å²) in [5.74, 6) is 1.60. The van der Waals surface area contributed by atoms with Gasteiger partial charge in [0.15, 0.2) is 11.4 Å². The first kappa shape index (κ1) is 22.0. The number of aromatic nitrogens is 4. The third-order valence-electron chi connectivity index (χ3n) is 7.17. The van der Waals surface area contributed by atoms with Gasteiger partial charge in [0, 0.05) is 30.0 Å². The SMILES string of the molecule is COc1ccc2n(CC(C)(C)c3c(C)nc4ccc(C5CC5)cn34)c(C)c(C(C)(C)C)[n+]2c1. The van der Waals surface area contributed by atoms with Crippen molar-refractivity contribution in [1.29, 1.82) is 0 Å². The van der Waals surface area contributed by atoms with Crippen LogP contribution in [0.3, 0.4) is 0 Å². The van der Waals surface area contributed by atoms with Gasteiger partial charge in [-0.15, -0.1) is 0 Å². The molecule has 174 valence electrons. The topological polar surface area (TPSA) is 35.6 Å². The number of rotatable bonds is 5. The average molecular weight is 446 g/mol. The van der Waals surface area contributed by atoms with Crippen LogP contribution in [0.25, 0.3) is 11.3 Å². The lowest BCUT2D eigenvalue weighted by atomic mass is 9.87. The van der Waals surface area contributed by atoms with Crippen molar-refractivity contribution in [3.8, 4) is 5.75 Å². The number of aryl methyl sites for hydroxylation is 1. The summed E-state index contributed by atoms with van der Waals surface area (Å²) in [7, 11) is 1.73. The quantitative estimate of drug-likeness (QED) is 0.372. The van der Waals surface area contributed by atoms with Gasteiger partial charge in [0.25, 0.3) is 5.65 Å². The van der Waals surface area contributed by atoms with Crippen LogP contribution in [0.15, 0.2) is 36.7 Å². The van der Waals surface area contributed by atoms with E-state index in [0.717, 1.165) is 29.6 Å². The molecule has 4 aromatic heterocycles. The molecule has 0 saturated heterocycles. The Morgan fingerprint density at radius 1 is 1.06 bits per heavy atom. The highest BCUT2D eigenvalue weighted by Crippen LogP contribution is 2.41. The highest BCUT2D eigenvalue weighted by Gasteiger charge is 2.37. The maximum Gasteiger partial charge on any atom is 0.286 e. The second-order valence-electron chi connectivity index (χ2n) is 11.5. The molecule has 0 aliphatic heterocycles. The predicted octanol–water partition coefficient (Wildman–Crippen LogP) is 5.65. The van der Waals surface area contributed by atoms with Crippen molar-refractivity contribution in [2.45, 2.75) is 84.6 Å². The van der Waals surface area contributed by atoms with Crippen LogP contribution in [0.5, 0.6) is 5.75 Å². The fourth-order valence-corrected chi connectivity index (χ4v) is 5.69. The van der Waals surface area contributed by atoms with Gasteiger partial charge in [-0.3, -0.25) is 0 Å². The molecule has 1 aliphatic carbocycles. The van der Waals surface area contributed by atoms with E-state index in [1.54, 1.807) is 7.11 Å². The van der Waals surface area contributed by atoms with Crippen molar-refractivity contribution in [1.82, 2.24) is 14.0 Å².